The normalized spacial score (nSPS) is 12.5. The van der Waals surface area contributed by atoms with E-state index in [9.17, 15) is 20.0 Å². The van der Waals surface area contributed by atoms with E-state index in [1.54, 1.807) is 45.0 Å². The Kier molecular flexibility index (Phi) is 8.45. The summed E-state index contributed by atoms with van der Waals surface area (Å²) in [5.74, 6) is 0. The minimum absolute atomic E-state index is 0.0838. The van der Waals surface area contributed by atoms with Crippen LogP contribution in [0, 0.1) is 10.1 Å². The quantitative estimate of drug-likeness (QED) is 0.107. The SMILES string of the molecule is CCCCOC(O)N(c1nnc(-c2cccc([N+](=O)[O-])c2)s1)c1ccc2c(cnn2C(=O)OC(C)(C)C)c1Cl. The maximum absolute atomic E-state index is 12.7. The third-order valence-electron chi connectivity index (χ3n) is 5.40. The van der Waals surface area contributed by atoms with Gasteiger partial charge in [-0.2, -0.15) is 9.78 Å². The van der Waals surface area contributed by atoms with E-state index >= 15 is 0 Å². The average Bonchev–Trinajstić information content (AvgIpc) is 3.53. The fourth-order valence-corrected chi connectivity index (χ4v) is 4.77. The number of unbranched alkanes of at least 4 members (excludes halogenated alkanes) is 1. The molecule has 12 nitrogen and oxygen atoms in total. The van der Waals surface area contributed by atoms with Gasteiger partial charge in [0.25, 0.3) is 5.69 Å². The summed E-state index contributed by atoms with van der Waals surface area (Å²) in [6, 6.07) is 9.25. The van der Waals surface area contributed by atoms with E-state index < -0.39 is 23.0 Å². The molecule has 0 saturated heterocycles. The number of carbonyl (C=O) groups excluding carboxylic acids is 1. The molecule has 39 heavy (non-hydrogen) atoms. The number of carbonyl (C=O) groups is 1. The summed E-state index contributed by atoms with van der Waals surface area (Å²) in [5, 5.41) is 36.1. The zero-order chi connectivity index (χ0) is 28.3. The standard InChI is InChI=1S/C25H27ClN6O6S/c1-5-6-12-37-23(33)30(22-29-28-21(39-22)15-8-7-9-16(13-15)32(35)36)19-11-10-18-17(20(19)26)14-27-31(18)24(34)38-25(2,3)4/h7-11,13-14,23,33H,5-6,12H2,1-4H3. The molecule has 0 radical (unpaired) electrons. The van der Waals surface area contributed by atoms with Crippen molar-refractivity contribution in [2.24, 2.45) is 0 Å². The summed E-state index contributed by atoms with van der Waals surface area (Å²) in [6.07, 6.45) is 0.876. The first-order chi connectivity index (χ1) is 18.5. The summed E-state index contributed by atoms with van der Waals surface area (Å²) in [6.45, 7) is 7.54. The van der Waals surface area contributed by atoms with Gasteiger partial charge >= 0.3 is 6.09 Å². The molecular weight excluding hydrogens is 548 g/mol. The number of ether oxygens (including phenoxy) is 2. The number of benzene rings is 2. The first-order valence-electron chi connectivity index (χ1n) is 12.1. The van der Waals surface area contributed by atoms with Gasteiger partial charge in [0.15, 0.2) is 0 Å². The molecule has 2 aromatic carbocycles. The number of nitro benzene ring substituents is 1. The Morgan fingerprint density at radius 1 is 1.28 bits per heavy atom. The molecule has 1 unspecified atom stereocenters. The Labute approximate surface area is 232 Å². The molecule has 2 aromatic heterocycles. The van der Waals surface area contributed by atoms with Crippen LogP contribution in [0.3, 0.4) is 0 Å². The number of rotatable bonds is 9. The van der Waals surface area contributed by atoms with Gasteiger partial charge in [-0.15, -0.1) is 10.2 Å². The van der Waals surface area contributed by atoms with Crippen LogP contribution in [-0.4, -0.2) is 54.7 Å². The molecule has 4 rings (SSSR count). The van der Waals surface area contributed by atoms with Crippen LogP contribution in [0.5, 0.6) is 0 Å². The van der Waals surface area contributed by atoms with E-state index in [0.29, 0.717) is 27.2 Å². The van der Waals surface area contributed by atoms with Crippen molar-refractivity contribution < 1.29 is 24.3 Å². The summed E-state index contributed by atoms with van der Waals surface area (Å²) in [7, 11) is 0. The lowest BCUT2D eigenvalue weighted by atomic mass is 10.2. The van der Waals surface area contributed by atoms with Crippen LogP contribution in [0.4, 0.5) is 21.3 Å². The summed E-state index contributed by atoms with van der Waals surface area (Å²) in [5.41, 5.74) is 0.437. The molecule has 4 aromatic rings. The molecule has 0 aliphatic rings. The third-order valence-corrected chi connectivity index (χ3v) is 6.77. The number of nitrogens with zero attached hydrogens (tertiary/aromatic N) is 6. The van der Waals surface area contributed by atoms with Gasteiger partial charge in [-0.25, -0.2) is 4.79 Å². The second kappa shape index (κ2) is 11.6. The maximum atomic E-state index is 12.7. The van der Waals surface area contributed by atoms with Gasteiger partial charge in [0, 0.05) is 23.1 Å². The molecule has 0 bridgehead atoms. The zero-order valence-corrected chi connectivity index (χ0v) is 23.3. The zero-order valence-electron chi connectivity index (χ0n) is 21.7. The minimum atomic E-state index is -1.47. The summed E-state index contributed by atoms with van der Waals surface area (Å²) >= 11 is 7.88. The number of aromatic nitrogens is 4. The molecule has 0 aliphatic heterocycles. The van der Waals surface area contributed by atoms with Crippen molar-refractivity contribution in [1.82, 2.24) is 20.0 Å². The number of aliphatic hydroxyl groups is 1. The van der Waals surface area contributed by atoms with E-state index in [1.165, 1.54) is 23.2 Å². The van der Waals surface area contributed by atoms with Gasteiger partial charge in [-0.3, -0.25) is 15.0 Å². The first-order valence-corrected chi connectivity index (χ1v) is 13.3. The lowest BCUT2D eigenvalue weighted by molar-refractivity contribution is -0.384. The van der Waals surface area contributed by atoms with Crippen molar-refractivity contribution in [2.75, 3.05) is 11.5 Å². The molecule has 1 N–H and O–H groups in total. The first kappa shape index (κ1) is 28.4. The van der Waals surface area contributed by atoms with Crippen LogP contribution >= 0.6 is 22.9 Å². The fraction of sp³-hybridized carbons (Fsp3) is 0.360. The Hall–Kier alpha value is -3.65. The van der Waals surface area contributed by atoms with Gasteiger partial charge in [0.2, 0.25) is 11.5 Å². The number of hydrogen-bond donors (Lipinski definition) is 1. The smallest absolute Gasteiger partial charge is 0.435 e. The van der Waals surface area contributed by atoms with Gasteiger partial charge in [-0.1, -0.05) is 48.4 Å². The van der Waals surface area contributed by atoms with Crippen LogP contribution in [-0.2, 0) is 9.47 Å². The largest absolute Gasteiger partial charge is 0.442 e. The maximum Gasteiger partial charge on any atom is 0.435 e. The van der Waals surface area contributed by atoms with Crippen LogP contribution in [0.2, 0.25) is 5.02 Å². The van der Waals surface area contributed by atoms with Crippen molar-refractivity contribution in [2.45, 2.75) is 52.6 Å². The molecule has 206 valence electrons. The predicted molar refractivity (Wildman–Crippen MR) is 147 cm³/mol. The molecule has 14 heteroatoms. The Balaban J connectivity index is 1.75. The van der Waals surface area contributed by atoms with E-state index in [-0.39, 0.29) is 22.4 Å². The van der Waals surface area contributed by atoms with Crippen molar-refractivity contribution in [3.8, 4) is 10.6 Å². The van der Waals surface area contributed by atoms with E-state index in [4.69, 9.17) is 21.1 Å². The Bertz CT molecular complexity index is 1500. The summed E-state index contributed by atoms with van der Waals surface area (Å²) < 4.78 is 12.2. The number of anilines is 2. The van der Waals surface area contributed by atoms with Crippen molar-refractivity contribution >= 4 is 56.4 Å². The van der Waals surface area contributed by atoms with Crippen molar-refractivity contribution in [1.29, 1.82) is 0 Å². The molecule has 2 heterocycles. The number of fused-ring (bicyclic) bond motifs is 1. The molecule has 0 aliphatic carbocycles. The molecule has 0 spiro atoms. The van der Waals surface area contributed by atoms with Crippen molar-refractivity contribution in [3.63, 3.8) is 0 Å². The second-order valence-corrected chi connectivity index (χ2v) is 10.8. The second-order valence-electron chi connectivity index (χ2n) is 9.49. The number of hydrogen-bond acceptors (Lipinski definition) is 11. The monoisotopic (exact) mass is 574 g/mol. The Morgan fingerprint density at radius 3 is 2.74 bits per heavy atom. The lowest BCUT2D eigenvalue weighted by Gasteiger charge is -2.27. The van der Waals surface area contributed by atoms with Crippen LogP contribution < -0.4 is 4.90 Å². The third kappa shape index (κ3) is 6.33. The van der Waals surface area contributed by atoms with E-state index in [0.717, 1.165) is 28.9 Å². The van der Waals surface area contributed by atoms with Crippen LogP contribution in [0.15, 0.2) is 42.6 Å². The van der Waals surface area contributed by atoms with Gasteiger partial charge < -0.3 is 14.6 Å². The lowest BCUT2D eigenvalue weighted by Crippen LogP contribution is -2.34. The molecule has 0 saturated carbocycles. The molecular formula is C25H27ClN6O6S. The topological polar surface area (TPSA) is 146 Å². The van der Waals surface area contributed by atoms with Crippen molar-refractivity contribution in [3.05, 3.63) is 57.7 Å². The molecule has 0 fully saturated rings. The fourth-order valence-electron chi connectivity index (χ4n) is 3.60. The van der Waals surface area contributed by atoms with E-state index in [1.807, 2.05) is 6.92 Å². The average molecular weight is 575 g/mol. The van der Waals surface area contributed by atoms with Gasteiger partial charge in [0.05, 0.1) is 34.0 Å². The highest BCUT2D eigenvalue weighted by Gasteiger charge is 2.28. The molecule has 0 amide bonds. The van der Waals surface area contributed by atoms with Crippen LogP contribution in [0.25, 0.3) is 21.5 Å². The molecule has 1 atom stereocenters. The minimum Gasteiger partial charge on any atom is -0.442 e. The highest BCUT2D eigenvalue weighted by Crippen LogP contribution is 2.41. The van der Waals surface area contributed by atoms with Gasteiger partial charge in [0.1, 0.15) is 10.6 Å². The number of nitro groups is 1. The summed E-state index contributed by atoms with van der Waals surface area (Å²) in [4.78, 5) is 24.8. The highest BCUT2D eigenvalue weighted by atomic mass is 35.5. The predicted octanol–water partition coefficient (Wildman–Crippen LogP) is 6.13. The van der Waals surface area contributed by atoms with Crippen LogP contribution in [0.1, 0.15) is 40.5 Å². The highest BCUT2D eigenvalue weighted by molar-refractivity contribution is 7.18. The number of non-ortho nitro benzene ring substituents is 1. The van der Waals surface area contributed by atoms with Gasteiger partial charge in [-0.05, 0) is 39.3 Å². The van der Waals surface area contributed by atoms with E-state index in [2.05, 4.69) is 15.3 Å². The Morgan fingerprint density at radius 2 is 2.05 bits per heavy atom. The number of aliphatic hydroxyl groups excluding tert-OH is 1. The number of halogens is 1.